The lowest BCUT2D eigenvalue weighted by atomic mass is 9.69. The van der Waals surface area contributed by atoms with Crippen LogP contribution in [-0.4, -0.2) is 11.7 Å². The number of carbonyl (C=O) groups excluding carboxylic acids is 1. The van der Waals surface area contributed by atoms with E-state index in [0.717, 1.165) is 38.5 Å². The summed E-state index contributed by atoms with van der Waals surface area (Å²) in [5.74, 6) is 1.28. The molecule has 3 aliphatic rings. The molecule has 0 saturated heterocycles. The molecular formula is C24H43NO2. The van der Waals surface area contributed by atoms with Gasteiger partial charge in [0.25, 0.3) is 0 Å². The minimum atomic E-state index is -0.757. The van der Waals surface area contributed by atoms with Gasteiger partial charge in [-0.25, -0.2) is 0 Å². The summed E-state index contributed by atoms with van der Waals surface area (Å²) in [7, 11) is 0. The van der Waals surface area contributed by atoms with Gasteiger partial charge in [0.15, 0.2) is 5.72 Å². The Kier molecular flexibility index (Phi) is 6.93. The van der Waals surface area contributed by atoms with Crippen molar-refractivity contribution < 1.29 is 9.53 Å². The Labute approximate surface area is 167 Å². The van der Waals surface area contributed by atoms with Gasteiger partial charge in [-0.2, -0.15) is 0 Å². The summed E-state index contributed by atoms with van der Waals surface area (Å²) in [4.78, 5) is 13.2. The summed E-state index contributed by atoms with van der Waals surface area (Å²) in [5.41, 5.74) is 6.68. The van der Waals surface area contributed by atoms with Gasteiger partial charge in [0.1, 0.15) is 0 Å². The van der Waals surface area contributed by atoms with Gasteiger partial charge in [-0.05, 0) is 62.7 Å². The molecule has 2 N–H and O–H groups in total. The molecule has 156 valence electrons. The van der Waals surface area contributed by atoms with Crippen LogP contribution in [0.15, 0.2) is 0 Å². The summed E-state index contributed by atoms with van der Waals surface area (Å²) >= 11 is 0. The van der Waals surface area contributed by atoms with Crippen LogP contribution >= 0.6 is 0 Å². The molecule has 0 aromatic heterocycles. The lowest BCUT2D eigenvalue weighted by molar-refractivity contribution is -0.187. The van der Waals surface area contributed by atoms with Crippen LogP contribution in [0, 0.1) is 29.1 Å². The maximum atomic E-state index is 13.2. The quantitative estimate of drug-likeness (QED) is 0.458. The number of hydrogen-bond donors (Lipinski definition) is 1. The highest BCUT2D eigenvalue weighted by Crippen LogP contribution is 2.44. The van der Waals surface area contributed by atoms with Crippen LogP contribution in [0.25, 0.3) is 0 Å². The molecular weight excluding hydrogens is 334 g/mol. The summed E-state index contributed by atoms with van der Waals surface area (Å²) in [6, 6.07) is 0. The highest BCUT2D eigenvalue weighted by molar-refractivity contribution is 5.73. The van der Waals surface area contributed by atoms with E-state index < -0.39 is 5.72 Å². The Morgan fingerprint density at radius 2 is 1.44 bits per heavy atom. The van der Waals surface area contributed by atoms with Gasteiger partial charge >= 0.3 is 5.97 Å². The Balaban J connectivity index is 1.71. The first-order chi connectivity index (χ1) is 12.8. The van der Waals surface area contributed by atoms with E-state index in [4.69, 9.17) is 10.5 Å². The Morgan fingerprint density at radius 1 is 0.926 bits per heavy atom. The fourth-order valence-electron chi connectivity index (χ4n) is 6.00. The molecule has 3 nitrogen and oxygen atoms in total. The zero-order valence-electron chi connectivity index (χ0n) is 18.1. The molecule has 2 atom stereocenters. The SMILES string of the molecule is C[C@H](C1CCCCC1)[C@](N)(OC(=O)C1CCC(C)(C)CC1)C1CCCCC1. The summed E-state index contributed by atoms with van der Waals surface area (Å²) in [6.45, 7) is 6.91. The van der Waals surface area contributed by atoms with Crippen LogP contribution in [0.5, 0.6) is 0 Å². The van der Waals surface area contributed by atoms with Crippen molar-refractivity contribution in [2.24, 2.45) is 34.8 Å². The van der Waals surface area contributed by atoms with Crippen molar-refractivity contribution in [3.8, 4) is 0 Å². The zero-order valence-corrected chi connectivity index (χ0v) is 18.1. The lowest BCUT2D eigenvalue weighted by Gasteiger charge is -2.47. The van der Waals surface area contributed by atoms with E-state index in [1.165, 1.54) is 51.4 Å². The second kappa shape index (κ2) is 8.84. The number of carbonyl (C=O) groups is 1. The summed E-state index contributed by atoms with van der Waals surface area (Å²) in [5, 5.41) is 0. The van der Waals surface area contributed by atoms with Crippen molar-refractivity contribution >= 4 is 5.97 Å². The number of hydrogen-bond acceptors (Lipinski definition) is 3. The van der Waals surface area contributed by atoms with Crippen molar-refractivity contribution in [1.82, 2.24) is 0 Å². The first kappa shape index (κ1) is 21.1. The smallest absolute Gasteiger partial charge is 0.310 e. The van der Waals surface area contributed by atoms with E-state index >= 15 is 0 Å². The molecule has 0 aromatic rings. The van der Waals surface area contributed by atoms with Gasteiger partial charge in [-0.15, -0.1) is 0 Å². The average molecular weight is 378 g/mol. The largest absolute Gasteiger partial charge is 0.443 e. The maximum Gasteiger partial charge on any atom is 0.310 e. The molecule has 0 aromatic carbocycles. The molecule has 27 heavy (non-hydrogen) atoms. The topological polar surface area (TPSA) is 52.3 Å². The molecule has 0 spiro atoms. The minimum Gasteiger partial charge on any atom is -0.443 e. The first-order valence-corrected chi connectivity index (χ1v) is 11.8. The molecule has 0 unspecified atom stereocenters. The molecule has 0 amide bonds. The van der Waals surface area contributed by atoms with Crippen LogP contribution in [0.2, 0.25) is 0 Å². The molecule has 3 heteroatoms. The fraction of sp³-hybridized carbons (Fsp3) is 0.958. The van der Waals surface area contributed by atoms with Crippen molar-refractivity contribution in [1.29, 1.82) is 0 Å². The van der Waals surface area contributed by atoms with Gasteiger partial charge in [-0.1, -0.05) is 59.3 Å². The van der Waals surface area contributed by atoms with Crippen LogP contribution < -0.4 is 5.73 Å². The van der Waals surface area contributed by atoms with E-state index in [1.807, 2.05) is 0 Å². The molecule has 3 saturated carbocycles. The predicted molar refractivity (Wildman–Crippen MR) is 111 cm³/mol. The van der Waals surface area contributed by atoms with Crippen molar-refractivity contribution in [2.45, 2.75) is 116 Å². The van der Waals surface area contributed by atoms with E-state index in [-0.39, 0.29) is 17.8 Å². The maximum absolute atomic E-state index is 13.2. The Hall–Kier alpha value is -0.570. The summed E-state index contributed by atoms with van der Waals surface area (Å²) < 4.78 is 6.34. The monoisotopic (exact) mass is 377 g/mol. The highest BCUT2D eigenvalue weighted by atomic mass is 16.6. The lowest BCUT2D eigenvalue weighted by Crippen LogP contribution is -2.59. The fourth-order valence-corrected chi connectivity index (χ4v) is 6.00. The van der Waals surface area contributed by atoms with Crippen LogP contribution in [0.3, 0.4) is 0 Å². The van der Waals surface area contributed by atoms with E-state index in [0.29, 0.717) is 17.3 Å². The molecule has 0 aliphatic heterocycles. The molecule has 3 aliphatic carbocycles. The second-order valence-electron chi connectivity index (χ2n) is 10.7. The summed E-state index contributed by atoms with van der Waals surface area (Å²) in [6.07, 6.45) is 16.6. The van der Waals surface area contributed by atoms with E-state index in [9.17, 15) is 4.79 Å². The number of ether oxygens (including phenoxy) is 1. The molecule has 3 fully saturated rings. The molecule has 0 radical (unpaired) electrons. The number of rotatable bonds is 5. The van der Waals surface area contributed by atoms with Gasteiger partial charge in [0.2, 0.25) is 0 Å². The Bertz CT molecular complexity index is 481. The van der Waals surface area contributed by atoms with Gasteiger partial charge in [0.05, 0.1) is 5.92 Å². The van der Waals surface area contributed by atoms with Crippen LogP contribution in [0.1, 0.15) is 111 Å². The van der Waals surface area contributed by atoms with E-state index in [2.05, 4.69) is 20.8 Å². The number of nitrogens with two attached hydrogens (primary N) is 1. The number of esters is 1. The zero-order chi connectivity index (χ0) is 19.5. The van der Waals surface area contributed by atoms with Crippen molar-refractivity contribution in [3.05, 3.63) is 0 Å². The first-order valence-electron chi connectivity index (χ1n) is 11.8. The van der Waals surface area contributed by atoms with Crippen molar-refractivity contribution in [3.63, 3.8) is 0 Å². The highest BCUT2D eigenvalue weighted by Gasteiger charge is 2.48. The second-order valence-corrected chi connectivity index (χ2v) is 10.7. The minimum absolute atomic E-state index is 0.00114. The molecule has 0 bridgehead atoms. The Morgan fingerprint density at radius 3 is 2.00 bits per heavy atom. The van der Waals surface area contributed by atoms with Crippen LogP contribution in [-0.2, 0) is 9.53 Å². The van der Waals surface area contributed by atoms with Gasteiger partial charge in [-0.3, -0.25) is 10.5 Å². The normalized spacial score (nSPS) is 29.0. The third-order valence-electron chi connectivity index (χ3n) is 8.26. The van der Waals surface area contributed by atoms with E-state index in [1.54, 1.807) is 0 Å². The van der Waals surface area contributed by atoms with Gasteiger partial charge in [0, 0.05) is 11.8 Å². The third-order valence-corrected chi connectivity index (χ3v) is 8.26. The van der Waals surface area contributed by atoms with Crippen molar-refractivity contribution in [2.75, 3.05) is 0 Å². The van der Waals surface area contributed by atoms with Crippen LogP contribution in [0.4, 0.5) is 0 Å². The molecule has 0 heterocycles. The average Bonchev–Trinajstić information content (AvgIpc) is 2.68. The predicted octanol–water partition coefficient (Wildman–Crippen LogP) is 6.20. The van der Waals surface area contributed by atoms with Gasteiger partial charge < -0.3 is 4.74 Å². The third kappa shape index (κ3) is 5.08. The standard InChI is InChI=1S/C24H43NO2/c1-18(19-10-6-4-7-11-19)24(25,21-12-8-5-9-13-21)27-22(26)20-14-16-23(2,3)17-15-20/h18-21H,4-17,25H2,1-3H3/t18-,24+/m1/s1. The molecule has 3 rings (SSSR count).